The van der Waals surface area contributed by atoms with Gasteiger partial charge in [0, 0.05) is 37.3 Å². The number of ether oxygens (including phenoxy) is 4. The normalized spacial score (nSPS) is 13.0. The van der Waals surface area contributed by atoms with Crippen LogP contribution < -0.4 is 9.47 Å². The lowest BCUT2D eigenvalue weighted by molar-refractivity contribution is -0.156. The van der Waals surface area contributed by atoms with Crippen LogP contribution in [0.25, 0.3) is 0 Å². The summed E-state index contributed by atoms with van der Waals surface area (Å²) < 4.78 is 21.8. The van der Waals surface area contributed by atoms with Crippen LogP contribution in [-0.2, 0) is 19.1 Å². The molecular weight excluding hydrogens is 524 g/mol. The molecule has 2 amide bonds. The van der Waals surface area contributed by atoms with Crippen LogP contribution in [0.5, 0.6) is 11.5 Å². The summed E-state index contributed by atoms with van der Waals surface area (Å²) >= 11 is 0. The first-order valence-electron chi connectivity index (χ1n) is 12.9. The number of carbonyl (C=O) groups is 2. The molecular formula is C28H37ClN4O6. The monoisotopic (exact) mass is 560 g/mol. The Labute approximate surface area is 235 Å². The number of rotatable bonds is 14. The van der Waals surface area contributed by atoms with E-state index in [1.54, 1.807) is 58.3 Å². The highest BCUT2D eigenvalue weighted by molar-refractivity contribution is 6.35. The minimum atomic E-state index is -0.483. The van der Waals surface area contributed by atoms with E-state index in [0.29, 0.717) is 88.1 Å². The van der Waals surface area contributed by atoms with Crippen molar-refractivity contribution in [1.82, 2.24) is 9.80 Å². The first-order chi connectivity index (χ1) is 18.4. The van der Waals surface area contributed by atoms with Crippen LogP contribution in [0.3, 0.4) is 0 Å². The molecule has 1 fully saturated rings. The Bertz CT molecular complexity index is 1010. The summed E-state index contributed by atoms with van der Waals surface area (Å²) in [6.45, 7) is 7.27. The molecule has 212 valence electrons. The van der Waals surface area contributed by atoms with Crippen molar-refractivity contribution in [3.05, 3.63) is 59.7 Å². The Morgan fingerprint density at radius 2 is 1.05 bits per heavy atom. The van der Waals surface area contributed by atoms with Gasteiger partial charge in [-0.1, -0.05) is 0 Å². The highest BCUT2D eigenvalue weighted by Crippen LogP contribution is 2.15. The van der Waals surface area contributed by atoms with Crippen molar-refractivity contribution < 1.29 is 28.5 Å². The standard InChI is InChI=1S/C28H36N4O6.ClH/c1-3-35-25(29)21-7-11-23(12-8-21)37-19-5-15-31-17-18-32(28(34)27(31)33)16-6-20-38-24-13-9-22(10-14-24)26(30)36-4-2;/h7-14,29-30H,3-6,15-20H2,1-2H3;1H. The van der Waals surface area contributed by atoms with Gasteiger partial charge in [-0.15, -0.1) is 12.4 Å². The molecule has 2 aromatic rings. The number of piperazine rings is 1. The summed E-state index contributed by atoms with van der Waals surface area (Å²) in [5.74, 6) is 0.633. The smallest absolute Gasteiger partial charge is 0.312 e. The zero-order chi connectivity index (χ0) is 27.3. The van der Waals surface area contributed by atoms with E-state index in [4.69, 9.17) is 29.8 Å². The fraction of sp³-hybridized carbons (Fsp3) is 0.429. The van der Waals surface area contributed by atoms with Gasteiger partial charge in [0.15, 0.2) is 0 Å². The van der Waals surface area contributed by atoms with E-state index in [-0.39, 0.29) is 24.2 Å². The first-order valence-corrected chi connectivity index (χ1v) is 12.9. The Morgan fingerprint density at radius 1 is 0.692 bits per heavy atom. The van der Waals surface area contributed by atoms with E-state index in [1.807, 2.05) is 13.8 Å². The van der Waals surface area contributed by atoms with Gasteiger partial charge in [-0.3, -0.25) is 20.4 Å². The van der Waals surface area contributed by atoms with E-state index < -0.39 is 11.8 Å². The summed E-state index contributed by atoms with van der Waals surface area (Å²) in [6.07, 6.45) is 1.21. The van der Waals surface area contributed by atoms with Crippen molar-refractivity contribution in [2.24, 2.45) is 0 Å². The number of benzene rings is 2. The number of hydrogen-bond donors (Lipinski definition) is 2. The fourth-order valence-electron chi connectivity index (χ4n) is 3.89. The third-order valence-corrected chi connectivity index (χ3v) is 5.89. The van der Waals surface area contributed by atoms with Crippen LogP contribution in [0.2, 0.25) is 0 Å². The summed E-state index contributed by atoms with van der Waals surface area (Å²) in [6, 6.07) is 14.2. The molecule has 1 aliphatic heterocycles. The van der Waals surface area contributed by atoms with Gasteiger partial charge in [-0.25, -0.2) is 0 Å². The third kappa shape index (κ3) is 9.47. The third-order valence-electron chi connectivity index (χ3n) is 5.89. The second kappa shape index (κ2) is 16.2. The number of nitrogens with one attached hydrogen (secondary N) is 2. The molecule has 0 unspecified atom stereocenters. The molecule has 0 bridgehead atoms. The van der Waals surface area contributed by atoms with Gasteiger partial charge in [0.05, 0.1) is 26.4 Å². The average Bonchev–Trinajstić information content (AvgIpc) is 2.93. The Hall–Kier alpha value is -3.79. The lowest BCUT2D eigenvalue weighted by Crippen LogP contribution is -2.54. The van der Waals surface area contributed by atoms with Gasteiger partial charge in [-0.2, -0.15) is 0 Å². The average molecular weight is 561 g/mol. The van der Waals surface area contributed by atoms with Crippen LogP contribution in [0.15, 0.2) is 48.5 Å². The van der Waals surface area contributed by atoms with Crippen molar-refractivity contribution >= 4 is 36.0 Å². The Balaban J connectivity index is 0.00000533. The maximum atomic E-state index is 12.5. The number of amides is 2. The number of nitrogens with zero attached hydrogens (tertiary/aromatic N) is 2. The largest absolute Gasteiger partial charge is 0.494 e. The van der Waals surface area contributed by atoms with Crippen LogP contribution in [0.1, 0.15) is 37.8 Å². The molecule has 0 aliphatic carbocycles. The van der Waals surface area contributed by atoms with Crippen molar-refractivity contribution in [3.63, 3.8) is 0 Å². The lowest BCUT2D eigenvalue weighted by atomic mass is 10.2. The molecule has 0 radical (unpaired) electrons. The van der Waals surface area contributed by atoms with Crippen molar-refractivity contribution in [3.8, 4) is 11.5 Å². The van der Waals surface area contributed by atoms with E-state index in [1.165, 1.54) is 0 Å². The SMILES string of the molecule is CCOC(=N)c1ccc(OCCCN2CCN(CCCOc3ccc(C(=N)OCC)cc3)C(=O)C2=O)cc1.Cl. The predicted molar refractivity (Wildman–Crippen MR) is 150 cm³/mol. The Morgan fingerprint density at radius 3 is 1.38 bits per heavy atom. The number of halogens is 1. The van der Waals surface area contributed by atoms with Crippen LogP contribution >= 0.6 is 12.4 Å². The zero-order valence-corrected chi connectivity index (χ0v) is 23.3. The maximum Gasteiger partial charge on any atom is 0.312 e. The van der Waals surface area contributed by atoms with Crippen LogP contribution in [0, 0.1) is 10.8 Å². The van der Waals surface area contributed by atoms with Gasteiger partial charge in [0.25, 0.3) is 0 Å². The highest BCUT2D eigenvalue weighted by Gasteiger charge is 2.31. The fourth-order valence-corrected chi connectivity index (χ4v) is 3.89. The molecule has 0 atom stereocenters. The van der Waals surface area contributed by atoms with Gasteiger partial charge in [0.1, 0.15) is 11.5 Å². The lowest BCUT2D eigenvalue weighted by Gasteiger charge is -2.33. The molecule has 10 nitrogen and oxygen atoms in total. The second-order valence-corrected chi connectivity index (χ2v) is 8.56. The molecule has 0 aromatic heterocycles. The van der Waals surface area contributed by atoms with E-state index >= 15 is 0 Å². The molecule has 1 saturated heterocycles. The molecule has 1 aliphatic rings. The van der Waals surface area contributed by atoms with Gasteiger partial charge in [0.2, 0.25) is 11.8 Å². The van der Waals surface area contributed by atoms with Gasteiger partial charge < -0.3 is 28.7 Å². The van der Waals surface area contributed by atoms with Gasteiger partial charge in [-0.05, 0) is 75.2 Å². The van der Waals surface area contributed by atoms with Crippen molar-refractivity contribution in [1.29, 1.82) is 10.8 Å². The Kier molecular flexibility index (Phi) is 13.1. The van der Waals surface area contributed by atoms with E-state index in [0.717, 1.165) is 0 Å². The maximum absolute atomic E-state index is 12.5. The van der Waals surface area contributed by atoms with Crippen molar-refractivity contribution in [2.75, 3.05) is 52.6 Å². The summed E-state index contributed by atoms with van der Waals surface area (Å²) in [5.41, 5.74) is 1.36. The molecule has 2 aromatic carbocycles. The van der Waals surface area contributed by atoms with Crippen molar-refractivity contribution in [2.45, 2.75) is 26.7 Å². The molecule has 3 rings (SSSR count). The molecule has 0 spiro atoms. The number of carbonyl (C=O) groups excluding carboxylic acids is 2. The summed E-state index contributed by atoms with van der Waals surface area (Å²) in [5, 5.41) is 15.6. The summed E-state index contributed by atoms with van der Waals surface area (Å²) in [4.78, 5) is 28.2. The molecule has 39 heavy (non-hydrogen) atoms. The first kappa shape index (κ1) is 31.4. The van der Waals surface area contributed by atoms with Crippen LogP contribution in [0.4, 0.5) is 0 Å². The predicted octanol–water partition coefficient (Wildman–Crippen LogP) is 3.74. The molecule has 0 saturated carbocycles. The molecule has 1 heterocycles. The van der Waals surface area contributed by atoms with Crippen LogP contribution in [-0.4, -0.2) is 86.0 Å². The minimum Gasteiger partial charge on any atom is -0.494 e. The topological polar surface area (TPSA) is 125 Å². The number of hydrogen-bond acceptors (Lipinski definition) is 8. The molecule has 2 N–H and O–H groups in total. The molecule has 11 heteroatoms. The van der Waals surface area contributed by atoms with E-state index in [2.05, 4.69) is 0 Å². The zero-order valence-electron chi connectivity index (χ0n) is 22.4. The second-order valence-electron chi connectivity index (χ2n) is 8.56. The van der Waals surface area contributed by atoms with E-state index in [9.17, 15) is 9.59 Å². The quantitative estimate of drug-likeness (QED) is 0.157. The minimum absolute atomic E-state index is 0. The highest BCUT2D eigenvalue weighted by atomic mass is 35.5. The summed E-state index contributed by atoms with van der Waals surface area (Å²) in [7, 11) is 0. The van der Waals surface area contributed by atoms with Gasteiger partial charge >= 0.3 is 11.8 Å².